The fourth-order valence-electron chi connectivity index (χ4n) is 9.56. The highest BCUT2D eigenvalue weighted by Gasteiger charge is 2.63. The number of methoxy groups -OCH3 is 1. The predicted octanol–water partition coefficient (Wildman–Crippen LogP) is 2.53. The molecule has 0 aliphatic carbocycles. The van der Waals surface area contributed by atoms with Crippen LogP contribution in [0.3, 0.4) is 0 Å². The number of esters is 1. The molecule has 2 unspecified atom stereocenters. The predicted molar refractivity (Wildman–Crippen MR) is 232 cm³/mol. The van der Waals surface area contributed by atoms with Crippen LogP contribution in [0.25, 0.3) is 11.1 Å². The number of hydrogen-bond acceptors (Lipinski definition) is 17. The van der Waals surface area contributed by atoms with E-state index in [4.69, 9.17) is 29.4 Å². The van der Waals surface area contributed by atoms with E-state index >= 15 is 4.39 Å². The number of aliphatic hydroxyl groups is 1. The van der Waals surface area contributed by atoms with Crippen molar-refractivity contribution in [3.05, 3.63) is 71.3 Å². The van der Waals surface area contributed by atoms with Crippen molar-refractivity contribution in [3.63, 3.8) is 0 Å². The van der Waals surface area contributed by atoms with Crippen LogP contribution in [-0.4, -0.2) is 135 Å². The maximum absolute atomic E-state index is 17.2. The summed E-state index contributed by atoms with van der Waals surface area (Å²) in [6.07, 6.45) is -1.18. The number of nitrogen functional groups attached to an aromatic ring is 1. The van der Waals surface area contributed by atoms with Gasteiger partial charge in [0.15, 0.2) is 18.2 Å². The van der Waals surface area contributed by atoms with Crippen molar-refractivity contribution >= 4 is 29.4 Å². The van der Waals surface area contributed by atoms with Crippen molar-refractivity contribution in [3.8, 4) is 11.1 Å². The van der Waals surface area contributed by atoms with Crippen molar-refractivity contribution in [2.45, 2.75) is 127 Å². The van der Waals surface area contributed by atoms with Gasteiger partial charge in [-0.25, -0.2) is 28.7 Å². The van der Waals surface area contributed by atoms with Gasteiger partial charge in [-0.2, -0.15) is 4.98 Å². The van der Waals surface area contributed by atoms with Gasteiger partial charge in [-0.1, -0.05) is 45.9 Å². The van der Waals surface area contributed by atoms with E-state index in [-0.39, 0.29) is 18.7 Å². The number of nitrogens with two attached hydrogens (primary N) is 1. The zero-order valence-electron chi connectivity index (χ0n) is 38.2. The van der Waals surface area contributed by atoms with Crippen LogP contribution in [0.15, 0.2) is 60.0 Å². The first-order chi connectivity index (χ1) is 30.7. The van der Waals surface area contributed by atoms with Crippen LogP contribution >= 0.6 is 0 Å². The molecule has 5 N–H and O–H groups in total. The third-order valence-electron chi connectivity index (χ3n) is 13.2. The molecule has 0 saturated carbocycles. The molecule has 6 rings (SSSR count). The van der Waals surface area contributed by atoms with Gasteiger partial charge in [0.2, 0.25) is 0 Å². The van der Waals surface area contributed by atoms with Crippen molar-refractivity contribution in [1.82, 2.24) is 35.1 Å². The fraction of sp³-hybridized carbons (Fsp3) is 0.600. The lowest BCUT2D eigenvalue weighted by Gasteiger charge is -2.47. The Morgan fingerprint density at radius 2 is 1.77 bits per heavy atom. The Balaban J connectivity index is 1.33. The molecule has 65 heavy (non-hydrogen) atoms. The highest BCUT2D eigenvalue weighted by atomic mass is 19.1. The van der Waals surface area contributed by atoms with Crippen LogP contribution in [0.5, 0.6) is 0 Å². The number of benzene rings is 1. The Labute approximate surface area is 376 Å². The van der Waals surface area contributed by atoms with Gasteiger partial charge in [0.05, 0.1) is 17.8 Å². The number of Topliss-reactive ketones (excluding diaryl/α,β-unsaturated/α-hetero) is 2. The van der Waals surface area contributed by atoms with E-state index in [9.17, 15) is 29.1 Å². The van der Waals surface area contributed by atoms with Crippen molar-refractivity contribution < 1.29 is 52.4 Å². The summed E-state index contributed by atoms with van der Waals surface area (Å²) in [5.74, 6) is -7.11. The van der Waals surface area contributed by atoms with E-state index < -0.39 is 107 Å². The number of likely N-dealkylation sites (N-methyl/N-ethyl adjacent to an activating group) is 1. The first kappa shape index (κ1) is 49.2. The van der Waals surface area contributed by atoms with Gasteiger partial charge in [-0.15, -0.1) is 0 Å². The molecule has 3 fully saturated rings. The summed E-state index contributed by atoms with van der Waals surface area (Å²) in [5.41, 5.74) is 0.328. The lowest BCUT2D eigenvalue weighted by atomic mass is 9.74. The Bertz CT molecular complexity index is 2270. The van der Waals surface area contributed by atoms with Crippen LogP contribution in [0.2, 0.25) is 0 Å². The molecule has 0 bridgehead atoms. The van der Waals surface area contributed by atoms with E-state index in [1.165, 1.54) is 46.5 Å². The molecule has 3 aromatic rings. The van der Waals surface area contributed by atoms with Crippen LogP contribution in [-0.2, 0) is 50.3 Å². The summed E-state index contributed by atoms with van der Waals surface area (Å²) >= 11 is 0. The summed E-state index contributed by atoms with van der Waals surface area (Å²) in [6.45, 7) is 9.17. The second kappa shape index (κ2) is 19.7. The zero-order valence-corrected chi connectivity index (χ0v) is 38.2. The molecular formula is C45H61FN8O11. The number of halogens is 1. The number of aliphatic hydroxyl groups excluding tert-OH is 1. The smallest absolute Gasteiger partial charge is 0.409 e. The zero-order chi connectivity index (χ0) is 47.6. The standard InChI is InChI=1S/C45H61FN8O11/c1-10-32-45(54-15-14-33(47)51-41(54)59)36(52-42(60)65-45)25(3)34(55)24(2)18-43(5,61-9)38(26(4)37(57)44(6,46)40(58)63-32)64-39-35(56)31(53(7)8)17-30(62-39)22-48-19-27-12-11-13-28(16-27)29-20-49-23-50-21-29/h11-16,20-21,23-26,30-32,35-36,38-39,48,56H,10,17-19,22H2,1-9H3,(H,52,60)(H2,47,51,59)/t24-,25+,26+,30+,31?,32-,35?,36-,38-,39+,43-,44+,45-/m1/s1. The monoisotopic (exact) mass is 908 g/mol. The first-order valence-corrected chi connectivity index (χ1v) is 21.8. The molecule has 2 aromatic heterocycles. The molecule has 19 nitrogen and oxygen atoms in total. The highest BCUT2D eigenvalue weighted by molar-refractivity contribution is 6.08. The Hall–Kier alpha value is -5.25. The van der Waals surface area contributed by atoms with Gasteiger partial charge >= 0.3 is 17.8 Å². The third-order valence-corrected chi connectivity index (χ3v) is 13.2. The average molecular weight is 909 g/mol. The fourth-order valence-corrected chi connectivity index (χ4v) is 9.56. The number of anilines is 1. The third kappa shape index (κ3) is 9.83. The van der Waals surface area contributed by atoms with Crippen molar-refractivity contribution in [2.24, 2.45) is 17.8 Å². The largest absolute Gasteiger partial charge is 0.453 e. The van der Waals surface area contributed by atoms with Crippen LogP contribution in [0.4, 0.5) is 15.0 Å². The number of alkyl halides is 1. The minimum absolute atomic E-state index is 0.142. The number of nitrogens with one attached hydrogen (secondary N) is 2. The van der Waals surface area contributed by atoms with Crippen LogP contribution < -0.4 is 22.1 Å². The van der Waals surface area contributed by atoms with E-state index in [0.29, 0.717) is 19.5 Å². The molecule has 20 heteroatoms. The van der Waals surface area contributed by atoms with Gasteiger partial charge in [0.25, 0.3) is 11.4 Å². The van der Waals surface area contributed by atoms with Crippen LogP contribution in [0, 0.1) is 17.8 Å². The van der Waals surface area contributed by atoms with Crippen LogP contribution in [0.1, 0.15) is 66.4 Å². The number of aromatic nitrogens is 4. The number of alkyl carbamates (subject to hydrolysis) is 1. The molecular weight excluding hydrogens is 848 g/mol. The number of fused-ring (bicyclic) bond motifs is 1. The SMILES string of the molecule is CC[C@H]1OC(=O)[C@@](C)(F)C(=O)[C@H](C)[C@@H](O[C@@H]2O[C@H](CNCc3cccc(-c4cncnc4)c3)CC(N(C)C)C2O)[C@](C)(OC)C[C@@H](C)C(=O)[C@H](C)[C@H]2NC(=O)O[C@@]21n1ccc(N)nc1=O. The first-order valence-electron chi connectivity index (χ1n) is 21.8. The lowest BCUT2D eigenvalue weighted by Crippen LogP contribution is -2.64. The maximum atomic E-state index is 17.2. The summed E-state index contributed by atoms with van der Waals surface area (Å²) in [5, 5.41) is 17.9. The normalized spacial score (nSPS) is 34.9. The number of carbonyl (C=O) groups is 4. The molecule has 0 radical (unpaired) electrons. The minimum atomic E-state index is -3.37. The van der Waals surface area contributed by atoms with E-state index in [2.05, 4.69) is 25.6 Å². The maximum Gasteiger partial charge on any atom is 0.409 e. The minimum Gasteiger partial charge on any atom is -0.453 e. The number of hydrogen-bond donors (Lipinski definition) is 4. The lowest BCUT2D eigenvalue weighted by molar-refractivity contribution is -0.297. The summed E-state index contributed by atoms with van der Waals surface area (Å²) in [6, 6.07) is 7.27. The summed E-state index contributed by atoms with van der Waals surface area (Å²) in [7, 11) is 4.95. The highest BCUT2D eigenvalue weighted by Crippen LogP contribution is 2.43. The average Bonchev–Trinajstić information content (AvgIpc) is 3.63. The Kier molecular flexibility index (Phi) is 14.9. The molecule has 3 aliphatic rings. The van der Waals surface area contributed by atoms with Crippen molar-refractivity contribution in [2.75, 3.05) is 33.5 Å². The number of ketones is 2. The van der Waals surface area contributed by atoms with Gasteiger partial charge < -0.3 is 50.1 Å². The number of ether oxygens (including phenoxy) is 5. The molecule has 3 saturated heterocycles. The van der Waals surface area contributed by atoms with E-state index in [0.717, 1.165) is 28.2 Å². The topological polar surface area (TPSA) is 249 Å². The van der Waals surface area contributed by atoms with E-state index in [1.807, 2.05) is 29.2 Å². The molecule has 3 aliphatic heterocycles. The summed E-state index contributed by atoms with van der Waals surface area (Å²) in [4.78, 5) is 83.9. The summed E-state index contributed by atoms with van der Waals surface area (Å²) < 4.78 is 48.9. The Morgan fingerprint density at radius 1 is 1.06 bits per heavy atom. The molecule has 5 heterocycles. The second-order valence-electron chi connectivity index (χ2n) is 17.9. The van der Waals surface area contributed by atoms with Gasteiger partial charge in [0, 0.05) is 68.1 Å². The molecule has 354 valence electrons. The molecule has 1 aromatic carbocycles. The number of carbonyl (C=O) groups excluding carboxylic acids is 4. The van der Waals surface area contributed by atoms with Gasteiger partial charge in [0.1, 0.15) is 30.1 Å². The number of nitrogens with zero attached hydrogens (tertiary/aromatic N) is 5. The second-order valence-corrected chi connectivity index (χ2v) is 17.9. The number of amides is 1. The van der Waals surface area contributed by atoms with Gasteiger partial charge in [-0.3, -0.25) is 14.2 Å². The Morgan fingerprint density at radius 3 is 2.42 bits per heavy atom. The van der Waals surface area contributed by atoms with Gasteiger partial charge in [-0.05, 0) is 70.5 Å². The number of rotatable bonds is 11. The molecule has 1 amide bonds. The van der Waals surface area contributed by atoms with Crippen molar-refractivity contribution in [1.29, 1.82) is 0 Å². The quantitative estimate of drug-likeness (QED) is 0.159. The number of cyclic esters (lactones) is 1. The molecule has 13 atom stereocenters. The molecule has 0 spiro atoms. The van der Waals surface area contributed by atoms with E-state index in [1.54, 1.807) is 40.3 Å².